The summed E-state index contributed by atoms with van der Waals surface area (Å²) in [4.78, 5) is 10.4. The molecule has 0 saturated carbocycles. The van der Waals surface area contributed by atoms with Crippen molar-refractivity contribution in [3.63, 3.8) is 0 Å². The highest BCUT2D eigenvalue weighted by atomic mass is 32.2. The molecule has 0 spiro atoms. The number of nitro groups is 1. The van der Waals surface area contributed by atoms with E-state index in [1.807, 2.05) is 106 Å². The highest BCUT2D eigenvalue weighted by Crippen LogP contribution is 2.49. The van der Waals surface area contributed by atoms with Crippen LogP contribution in [0.1, 0.15) is 43.9 Å². The van der Waals surface area contributed by atoms with Gasteiger partial charge in [-0.15, -0.1) is 25.7 Å². The first-order valence-corrected chi connectivity index (χ1v) is 20.3. The molecular weight excluding hydrogens is 726 g/mol. The van der Waals surface area contributed by atoms with E-state index in [9.17, 15) is 23.1 Å². The lowest BCUT2D eigenvalue weighted by molar-refractivity contribution is -0.419. The van der Waals surface area contributed by atoms with Gasteiger partial charge in [0.15, 0.2) is 6.35 Å². The van der Waals surface area contributed by atoms with Crippen LogP contribution in [0.25, 0.3) is 0 Å². The molecule has 0 aliphatic heterocycles. The zero-order chi connectivity index (χ0) is 40.6. The molecule has 4 rings (SSSR count). The largest absolute Gasteiger partial charge is 0.481 e. The number of benzene rings is 3. The van der Waals surface area contributed by atoms with Crippen LogP contribution in [0.15, 0.2) is 120 Å². The van der Waals surface area contributed by atoms with Crippen molar-refractivity contribution in [2.75, 3.05) is 26.0 Å². The topological polar surface area (TPSA) is 151 Å². The fourth-order valence-electron chi connectivity index (χ4n) is 4.61. The second-order valence-electron chi connectivity index (χ2n) is 12.2. The minimum Gasteiger partial charge on any atom is -0.481 e. The van der Waals surface area contributed by atoms with Gasteiger partial charge in [-0.25, -0.2) is 8.42 Å². The molecule has 3 aromatic carbocycles. The fraction of sp³-hybridized carbons (Fsp3) is 0.317. The van der Waals surface area contributed by atoms with Gasteiger partial charge in [-0.05, 0) is 55.0 Å². The standard InChI is InChI=1S/C22H23O4P.C15H25N3O4S.2C2H2/c1-19-12-14-22(15-13-19)24-18-27(23,25-16-20-8-4-2-5-9-20)26-17-21-10-6-3-7-11-21;1-12(2)11-17(8-4-7-16)23(21,22)15-9-13(3)5-6-14(10-15)18(19)20;2*1-2/h2-15H,16-18H2,1H3;5-6,9-10,12-13H,4,7-8,11,16H2,1-3H3;2*1-2H. The van der Waals surface area contributed by atoms with Gasteiger partial charge < -0.3 is 19.5 Å². The van der Waals surface area contributed by atoms with Gasteiger partial charge in [-0.3, -0.25) is 14.7 Å². The Balaban J connectivity index is 0.000000501. The van der Waals surface area contributed by atoms with Gasteiger partial charge in [0.1, 0.15) is 5.75 Å². The minimum absolute atomic E-state index is 0.0284. The van der Waals surface area contributed by atoms with E-state index >= 15 is 0 Å². The van der Waals surface area contributed by atoms with Crippen molar-refractivity contribution < 1.29 is 31.7 Å². The number of ether oxygens (including phenoxy) is 1. The van der Waals surface area contributed by atoms with E-state index < -0.39 is 22.5 Å². The predicted molar refractivity (Wildman–Crippen MR) is 217 cm³/mol. The van der Waals surface area contributed by atoms with E-state index in [-0.39, 0.29) is 42.0 Å². The number of hydrogen-bond donors (Lipinski definition) is 1. The van der Waals surface area contributed by atoms with Crippen LogP contribution in [0.3, 0.4) is 0 Å². The van der Waals surface area contributed by atoms with Gasteiger partial charge in [-0.1, -0.05) is 111 Å². The van der Waals surface area contributed by atoms with Crippen molar-refractivity contribution in [2.24, 2.45) is 17.6 Å². The summed E-state index contributed by atoms with van der Waals surface area (Å²) in [7, 11) is -7.25. The van der Waals surface area contributed by atoms with Gasteiger partial charge >= 0.3 is 7.60 Å². The SMILES string of the molecule is C#C.C#C.CC1C=CC([N+](=O)[O-])=CC(S(=O)(=O)N(CCCN)CC(C)C)=C1.Cc1ccc(OCP(=O)(OCc2ccccc2)OCc2ccccc2)cc1. The van der Waals surface area contributed by atoms with Crippen molar-refractivity contribution in [1.29, 1.82) is 0 Å². The molecular formula is C41H52N3O8PS. The van der Waals surface area contributed by atoms with Crippen LogP contribution < -0.4 is 10.5 Å². The number of nitrogens with two attached hydrogens (primary N) is 1. The highest BCUT2D eigenvalue weighted by molar-refractivity contribution is 7.93. The molecule has 0 heterocycles. The molecule has 0 fully saturated rings. The summed E-state index contributed by atoms with van der Waals surface area (Å²) in [5, 5.41) is 11.0. The molecule has 3 aromatic rings. The lowest BCUT2D eigenvalue weighted by Crippen LogP contribution is -2.36. The monoisotopic (exact) mass is 777 g/mol. The van der Waals surface area contributed by atoms with Crippen molar-refractivity contribution in [1.82, 2.24) is 4.31 Å². The molecule has 1 atom stereocenters. The number of allylic oxidation sites excluding steroid dienone is 4. The molecule has 1 aliphatic rings. The second kappa shape index (κ2) is 25.3. The predicted octanol–water partition coefficient (Wildman–Crippen LogP) is 8.33. The highest BCUT2D eigenvalue weighted by Gasteiger charge is 2.29. The third-order valence-electron chi connectivity index (χ3n) is 7.27. The van der Waals surface area contributed by atoms with Gasteiger partial charge in [0.25, 0.3) is 5.70 Å². The van der Waals surface area contributed by atoms with E-state index in [0.29, 0.717) is 31.8 Å². The zero-order valence-corrected chi connectivity index (χ0v) is 33.1. The third-order valence-corrected chi connectivity index (χ3v) is 10.6. The molecule has 0 radical (unpaired) electrons. The number of aryl methyl sites for hydroxylation is 1. The maximum atomic E-state index is 13.2. The molecule has 0 aromatic heterocycles. The molecule has 2 N–H and O–H groups in total. The third kappa shape index (κ3) is 17.4. The van der Waals surface area contributed by atoms with Crippen LogP contribution in [-0.4, -0.2) is 43.6 Å². The zero-order valence-electron chi connectivity index (χ0n) is 31.4. The summed E-state index contributed by atoms with van der Waals surface area (Å²) in [6.45, 7) is 9.08. The van der Waals surface area contributed by atoms with Gasteiger partial charge in [-0.2, -0.15) is 4.31 Å². The number of nitrogens with zero attached hydrogens (tertiary/aromatic N) is 2. The smallest absolute Gasteiger partial charge is 0.368 e. The summed E-state index contributed by atoms with van der Waals surface area (Å²) in [5.41, 5.74) is 8.25. The number of sulfonamides is 1. The van der Waals surface area contributed by atoms with Crippen molar-refractivity contribution in [3.05, 3.63) is 147 Å². The van der Waals surface area contributed by atoms with Crippen LogP contribution in [0.4, 0.5) is 0 Å². The molecule has 0 amide bonds. The van der Waals surface area contributed by atoms with E-state index in [2.05, 4.69) is 25.7 Å². The first-order valence-electron chi connectivity index (χ1n) is 17.1. The maximum Gasteiger partial charge on any atom is 0.368 e. The van der Waals surface area contributed by atoms with Crippen LogP contribution >= 0.6 is 7.60 Å². The minimum atomic E-state index is -3.80. The molecule has 11 nitrogen and oxygen atoms in total. The first kappa shape index (κ1) is 47.2. The lowest BCUT2D eigenvalue weighted by atomic mass is 10.2. The van der Waals surface area contributed by atoms with Gasteiger partial charge in [0, 0.05) is 25.2 Å². The van der Waals surface area contributed by atoms with Crippen molar-refractivity contribution in [3.8, 4) is 31.4 Å². The Morgan fingerprint density at radius 3 is 1.89 bits per heavy atom. The van der Waals surface area contributed by atoms with Crippen LogP contribution in [-0.2, 0) is 36.8 Å². The number of hydrogen-bond acceptors (Lipinski definition) is 9. The molecule has 13 heteroatoms. The molecule has 0 saturated heterocycles. The van der Waals surface area contributed by atoms with Crippen molar-refractivity contribution >= 4 is 17.6 Å². The Labute approximate surface area is 321 Å². The van der Waals surface area contributed by atoms with Crippen LogP contribution in [0.2, 0.25) is 0 Å². The fourth-order valence-corrected chi connectivity index (χ4v) is 7.65. The van der Waals surface area contributed by atoms with Crippen molar-refractivity contribution in [2.45, 2.75) is 47.3 Å². The first-order chi connectivity index (χ1) is 25.8. The quantitative estimate of drug-likeness (QED) is 0.0617. The molecule has 1 unspecified atom stereocenters. The molecule has 290 valence electrons. The van der Waals surface area contributed by atoms with E-state index in [0.717, 1.165) is 22.8 Å². The second-order valence-corrected chi connectivity index (χ2v) is 16.2. The Morgan fingerprint density at radius 1 is 0.907 bits per heavy atom. The summed E-state index contributed by atoms with van der Waals surface area (Å²) in [6, 6.07) is 26.7. The average molecular weight is 778 g/mol. The van der Waals surface area contributed by atoms with Crippen LogP contribution in [0, 0.1) is 54.6 Å². The van der Waals surface area contributed by atoms with Gasteiger partial charge in [0.05, 0.1) is 23.0 Å². The Hall–Kier alpha value is -4.78. The summed E-state index contributed by atoms with van der Waals surface area (Å²) >= 11 is 0. The Bertz CT molecular complexity index is 1790. The van der Waals surface area contributed by atoms with Gasteiger partial charge in [0.2, 0.25) is 10.0 Å². The summed E-state index contributed by atoms with van der Waals surface area (Å²) in [5.74, 6) is 0.569. The lowest BCUT2D eigenvalue weighted by Gasteiger charge is -2.24. The normalized spacial score (nSPS) is 13.7. The number of rotatable bonds is 17. The van der Waals surface area contributed by atoms with E-state index in [1.165, 1.54) is 16.5 Å². The summed E-state index contributed by atoms with van der Waals surface area (Å²) < 4.78 is 57.5. The molecule has 54 heavy (non-hydrogen) atoms. The Kier molecular flexibility index (Phi) is 22.1. The van der Waals surface area contributed by atoms with E-state index in [4.69, 9.17) is 19.5 Å². The average Bonchev–Trinajstić information content (AvgIpc) is 3.39. The number of terminal acetylenes is 2. The van der Waals surface area contributed by atoms with Crippen LogP contribution in [0.5, 0.6) is 5.75 Å². The maximum absolute atomic E-state index is 13.2. The molecule has 0 bridgehead atoms. The summed E-state index contributed by atoms with van der Waals surface area (Å²) in [6.07, 6.45) is 22.0. The molecule has 1 aliphatic carbocycles. The van der Waals surface area contributed by atoms with E-state index in [1.54, 1.807) is 13.0 Å². The Morgan fingerprint density at radius 2 is 1.43 bits per heavy atom.